The van der Waals surface area contributed by atoms with Gasteiger partial charge in [0.25, 0.3) is 0 Å². The molecule has 0 aliphatic heterocycles. The SMILES string of the molecule is Cc1nn(C)cc1CNCc1ccnc(/C(N)=N/O)c1. The predicted octanol–water partition coefficient (Wildman–Crippen LogP) is 0.508. The first kappa shape index (κ1) is 14.0. The maximum absolute atomic E-state index is 8.63. The highest BCUT2D eigenvalue weighted by Crippen LogP contribution is 2.06. The van der Waals surface area contributed by atoms with Gasteiger partial charge in [0.1, 0.15) is 5.69 Å². The Bertz CT molecular complexity index is 619. The molecule has 0 aromatic carbocycles. The molecule has 106 valence electrons. The maximum Gasteiger partial charge on any atom is 0.188 e. The van der Waals surface area contributed by atoms with E-state index >= 15 is 0 Å². The third-order valence-corrected chi connectivity index (χ3v) is 2.95. The molecule has 0 atom stereocenters. The summed E-state index contributed by atoms with van der Waals surface area (Å²) in [5.41, 5.74) is 9.18. The summed E-state index contributed by atoms with van der Waals surface area (Å²) < 4.78 is 1.80. The molecule has 0 unspecified atom stereocenters. The van der Waals surface area contributed by atoms with E-state index in [9.17, 15) is 0 Å². The highest BCUT2D eigenvalue weighted by Gasteiger charge is 2.04. The normalized spacial score (nSPS) is 11.8. The first-order valence-electron chi connectivity index (χ1n) is 6.23. The number of oxime groups is 1. The number of nitrogens with one attached hydrogen (secondary N) is 1. The summed E-state index contributed by atoms with van der Waals surface area (Å²) in [6.07, 6.45) is 3.64. The number of amidine groups is 1. The number of aryl methyl sites for hydroxylation is 2. The van der Waals surface area contributed by atoms with Crippen LogP contribution in [0.1, 0.15) is 22.5 Å². The second-order valence-corrected chi connectivity index (χ2v) is 4.55. The van der Waals surface area contributed by atoms with E-state index in [1.54, 1.807) is 16.9 Å². The molecule has 20 heavy (non-hydrogen) atoms. The number of rotatable bonds is 5. The van der Waals surface area contributed by atoms with E-state index < -0.39 is 0 Å². The van der Waals surface area contributed by atoms with Crippen LogP contribution in [0.4, 0.5) is 0 Å². The Morgan fingerprint density at radius 2 is 2.30 bits per heavy atom. The van der Waals surface area contributed by atoms with Crippen LogP contribution < -0.4 is 11.1 Å². The largest absolute Gasteiger partial charge is 0.409 e. The Morgan fingerprint density at radius 1 is 1.50 bits per heavy atom. The van der Waals surface area contributed by atoms with Gasteiger partial charge in [-0.05, 0) is 24.6 Å². The van der Waals surface area contributed by atoms with Gasteiger partial charge in [-0.3, -0.25) is 9.67 Å². The summed E-state index contributed by atoms with van der Waals surface area (Å²) in [5.74, 6) is 0.00922. The van der Waals surface area contributed by atoms with Gasteiger partial charge in [-0.25, -0.2) is 0 Å². The van der Waals surface area contributed by atoms with Crippen LogP contribution >= 0.6 is 0 Å². The second kappa shape index (κ2) is 6.16. The fourth-order valence-corrected chi connectivity index (χ4v) is 1.94. The first-order chi connectivity index (χ1) is 9.60. The lowest BCUT2D eigenvalue weighted by molar-refractivity contribution is 0.318. The standard InChI is InChI=1S/C13H18N6O/c1-9-11(8-19(2)17-9)7-15-6-10-3-4-16-12(5-10)13(14)18-20/h3-5,8,15,20H,6-7H2,1-2H3,(H2,14,18). The van der Waals surface area contributed by atoms with Gasteiger partial charge in [-0.2, -0.15) is 5.10 Å². The van der Waals surface area contributed by atoms with Gasteiger partial charge in [0.2, 0.25) is 0 Å². The molecule has 2 heterocycles. The average molecular weight is 274 g/mol. The lowest BCUT2D eigenvalue weighted by Crippen LogP contribution is -2.17. The molecule has 7 heteroatoms. The molecule has 0 fully saturated rings. The molecule has 0 radical (unpaired) electrons. The number of nitrogens with zero attached hydrogens (tertiary/aromatic N) is 4. The van der Waals surface area contributed by atoms with Crippen molar-refractivity contribution < 1.29 is 5.21 Å². The molecule has 0 aliphatic rings. The topological polar surface area (TPSA) is 101 Å². The number of nitrogens with two attached hydrogens (primary N) is 1. The fraction of sp³-hybridized carbons (Fsp3) is 0.308. The Kier molecular flexibility index (Phi) is 4.31. The quantitative estimate of drug-likeness (QED) is 0.319. The van der Waals surface area contributed by atoms with Crippen molar-refractivity contribution in [3.05, 3.63) is 47.0 Å². The molecule has 4 N–H and O–H groups in total. The van der Waals surface area contributed by atoms with Crippen molar-refractivity contribution in [2.45, 2.75) is 20.0 Å². The molecule has 0 aliphatic carbocycles. The Labute approximate surface area is 117 Å². The molecule has 2 rings (SSSR count). The fourth-order valence-electron chi connectivity index (χ4n) is 1.94. The third kappa shape index (κ3) is 3.33. The minimum atomic E-state index is 0.00922. The minimum absolute atomic E-state index is 0.00922. The van der Waals surface area contributed by atoms with Crippen LogP contribution in [-0.2, 0) is 20.1 Å². The number of pyridine rings is 1. The summed E-state index contributed by atoms with van der Waals surface area (Å²) in [4.78, 5) is 4.04. The Balaban J connectivity index is 1.96. The van der Waals surface area contributed by atoms with Gasteiger partial charge in [0.05, 0.1) is 5.69 Å². The summed E-state index contributed by atoms with van der Waals surface area (Å²) in [7, 11) is 1.91. The van der Waals surface area contributed by atoms with Gasteiger partial charge >= 0.3 is 0 Å². The molecule has 2 aromatic heterocycles. The van der Waals surface area contributed by atoms with E-state index in [-0.39, 0.29) is 5.84 Å². The van der Waals surface area contributed by atoms with Gasteiger partial charge in [0, 0.05) is 38.1 Å². The Morgan fingerprint density at radius 3 is 2.95 bits per heavy atom. The minimum Gasteiger partial charge on any atom is -0.409 e. The molecule has 0 saturated heterocycles. The summed E-state index contributed by atoms with van der Waals surface area (Å²) in [6.45, 7) is 3.39. The first-order valence-corrected chi connectivity index (χ1v) is 6.23. The van der Waals surface area contributed by atoms with Crippen molar-refractivity contribution in [2.75, 3.05) is 0 Å². The molecule has 2 aromatic rings. The summed E-state index contributed by atoms with van der Waals surface area (Å²) >= 11 is 0. The van der Waals surface area contributed by atoms with Crippen LogP contribution in [-0.4, -0.2) is 25.8 Å². The molecule has 0 bridgehead atoms. The van der Waals surface area contributed by atoms with Crippen LogP contribution in [0.3, 0.4) is 0 Å². The van der Waals surface area contributed by atoms with Gasteiger partial charge < -0.3 is 16.3 Å². The van der Waals surface area contributed by atoms with E-state index in [1.807, 2.05) is 26.2 Å². The second-order valence-electron chi connectivity index (χ2n) is 4.55. The zero-order valence-corrected chi connectivity index (χ0v) is 11.5. The van der Waals surface area contributed by atoms with E-state index in [0.29, 0.717) is 12.2 Å². The van der Waals surface area contributed by atoms with Crippen LogP contribution in [0, 0.1) is 6.92 Å². The molecule has 0 saturated carbocycles. The van der Waals surface area contributed by atoms with E-state index in [0.717, 1.165) is 17.8 Å². The lowest BCUT2D eigenvalue weighted by Gasteiger charge is -2.05. The van der Waals surface area contributed by atoms with Crippen LogP contribution in [0.15, 0.2) is 29.7 Å². The zero-order chi connectivity index (χ0) is 14.5. The van der Waals surface area contributed by atoms with E-state index in [4.69, 9.17) is 10.9 Å². The van der Waals surface area contributed by atoms with Crippen molar-refractivity contribution in [3.8, 4) is 0 Å². The maximum atomic E-state index is 8.63. The molecule has 0 spiro atoms. The monoisotopic (exact) mass is 274 g/mol. The van der Waals surface area contributed by atoms with Crippen molar-refractivity contribution in [2.24, 2.45) is 17.9 Å². The number of hydrogen-bond acceptors (Lipinski definition) is 5. The van der Waals surface area contributed by atoms with Crippen molar-refractivity contribution in [1.82, 2.24) is 20.1 Å². The predicted molar refractivity (Wildman–Crippen MR) is 75.2 cm³/mol. The van der Waals surface area contributed by atoms with Crippen LogP contribution in [0.25, 0.3) is 0 Å². The average Bonchev–Trinajstić information content (AvgIpc) is 2.76. The molecule has 0 amide bonds. The Hall–Kier alpha value is -2.41. The smallest absolute Gasteiger partial charge is 0.188 e. The molecular weight excluding hydrogens is 256 g/mol. The lowest BCUT2D eigenvalue weighted by atomic mass is 10.2. The van der Waals surface area contributed by atoms with E-state index in [1.165, 1.54) is 5.56 Å². The highest BCUT2D eigenvalue weighted by atomic mass is 16.4. The van der Waals surface area contributed by atoms with Crippen molar-refractivity contribution >= 4 is 5.84 Å². The number of aromatic nitrogens is 3. The highest BCUT2D eigenvalue weighted by molar-refractivity contribution is 5.95. The van der Waals surface area contributed by atoms with E-state index in [2.05, 4.69) is 20.6 Å². The van der Waals surface area contributed by atoms with Gasteiger partial charge in [-0.1, -0.05) is 5.16 Å². The van der Waals surface area contributed by atoms with Crippen molar-refractivity contribution in [3.63, 3.8) is 0 Å². The van der Waals surface area contributed by atoms with Crippen molar-refractivity contribution in [1.29, 1.82) is 0 Å². The van der Waals surface area contributed by atoms with Gasteiger partial charge in [0.15, 0.2) is 5.84 Å². The molecular formula is C13H18N6O. The summed E-state index contributed by atoms with van der Waals surface area (Å²) in [6, 6.07) is 3.68. The zero-order valence-electron chi connectivity index (χ0n) is 11.5. The van der Waals surface area contributed by atoms with Gasteiger partial charge in [-0.15, -0.1) is 0 Å². The number of hydrogen-bond donors (Lipinski definition) is 3. The van der Waals surface area contributed by atoms with Crippen LogP contribution in [0.5, 0.6) is 0 Å². The van der Waals surface area contributed by atoms with Crippen LogP contribution in [0.2, 0.25) is 0 Å². The summed E-state index contributed by atoms with van der Waals surface area (Å²) in [5, 5.41) is 19.2. The molecule has 7 nitrogen and oxygen atoms in total. The third-order valence-electron chi connectivity index (χ3n) is 2.95.